The van der Waals surface area contributed by atoms with E-state index in [0.29, 0.717) is 18.8 Å². The Kier molecular flexibility index (Phi) is 5.91. The van der Waals surface area contributed by atoms with Crippen molar-refractivity contribution in [2.24, 2.45) is 0 Å². The van der Waals surface area contributed by atoms with Gasteiger partial charge in [0, 0.05) is 43.5 Å². The molecule has 0 aromatic carbocycles. The van der Waals surface area contributed by atoms with Crippen molar-refractivity contribution < 1.29 is 14.7 Å². The van der Waals surface area contributed by atoms with Crippen molar-refractivity contribution in [3.05, 3.63) is 18.7 Å². The SMILES string of the molecule is O=C(O)CC1CSCCN1C(=O)NCCCn1ccnc1. The van der Waals surface area contributed by atoms with Crippen LogP contribution in [0.15, 0.2) is 18.7 Å². The fourth-order valence-electron chi connectivity index (χ4n) is 2.27. The van der Waals surface area contributed by atoms with Crippen molar-refractivity contribution in [2.75, 3.05) is 24.6 Å². The van der Waals surface area contributed by atoms with Gasteiger partial charge in [-0.15, -0.1) is 0 Å². The first-order valence-corrected chi connectivity index (χ1v) is 8.12. The second-order valence-corrected chi connectivity index (χ2v) is 6.06. The van der Waals surface area contributed by atoms with E-state index in [-0.39, 0.29) is 18.5 Å². The van der Waals surface area contributed by atoms with Crippen LogP contribution in [0.4, 0.5) is 4.79 Å². The quantitative estimate of drug-likeness (QED) is 0.761. The molecule has 0 saturated carbocycles. The number of amides is 2. The summed E-state index contributed by atoms with van der Waals surface area (Å²) in [4.78, 5) is 28.6. The van der Waals surface area contributed by atoms with Gasteiger partial charge < -0.3 is 19.9 Å². The van der Waals surface area contributed by atoms with Crippen molar-refractivity contribution in [1.82, 2.24) is 19.8 Å². The second kappa shape index (κ2) is 7.92. The topological polar surface area (TPSA) is 87.5 Å². The number of aryl methyl sites for hydroxylation is 1. The summed E-state index contributed by atoms with van der Waals surface area (Å²) >= 11 is 1.70. The monoisotopic (exact) mass is 312 g/mol. The number of carbonyl (C=O) groups excluding carboxylic acids is 1. The number of hydrogen-bond acceptors (Lipinski definition) is 4. The molecule has 0 aliphatic carbocycles. The first kappa shape index (κ1) is 15.7. The molecule has 0 radical (unpaired) electrons. The molecule has 1 aliphatic heterocycles. The maximum Gasteiger partial charge on any atom is 0.317 e. The Balaban J connectivity index is 1.73. The molecule has 1 saturated heterocycles. The van der Waals surface area contributed by atoms with Gasteiger partial charge >= 0.3 is 12.0 Å². The highest BCUT2D eigenvalue weighted by molar-refractivity contribution is 7.99. The Morgan fingerprint density at radius 3 is 3.05 bits per heavy atom. The fraction of sp³-hybridized carbons (Fsp3) is 0.615. The van der Waals surface area contributed by atoms with Crippen LogP contribution in [0.5, 0.6) is 0 Å². The van der Waals surface area contributed by atoms with Crippen molar-refractivity contribution in [3.8, 4) is 0 Å². The highest BCUT2D eigenvalue weighted by Gasteiger charge is 2.28. The minimum atomic E-state index is -0.861. The first-order valence-electron chi connectivity index (χ1n) is 6.96. The third kappa shape index (κ3) is 4.96. The Bertz CT molecular complexity index is 466. The van der Waals surface area contributed by atoms with E-state index in [0.717, 1.165) is 18.7 Å². The zero-order chi connectivity index (χ0) is 15.1. The molecule has 1 fully saturated rings. The molecule has 21 heavy (non-hydrogen) atoms. The van der Waals surface area contributed by atoms with Gasteiger partial charge in [0.2, 0.25) is 0 Å². The number of urea groups is 1. The number of carboxylic acid groups (broad SMARTS) is 1. The molecular formula is C13H20N4O3S. The summed E-state index contributed by atoms with van der Waals surface area (Å²) in [5.74, 6) is 0.688. The van der Waals surface area contributed by atoms with Crippen LogP contribution in [0.1, 0.15) is 12.8 Å². The zero-order valence-electron chi connectivity index (χ0n) is 11.8. The molecule has 1 atom stereocenters. The molecule has 0 spiro atoms. The van der Waals surface area contributed by atoms with Crippen LogP contribution >= 0.6 is 11.8 Å². The molecule has 1 aliphatic rings. The van der Waals surface area contributed by atoms with Gasteiger partial charge in [-0.05, 0) is 6.42 Å². The number of nitrogens with zero attached hydrogens (tertiary/aromatic N) is 3. The highest BCUT2D eigenvalue weighted by atomic mass is 32.2. The minimum absolute atomic E-state index is 0.00938. The number of nitrogens with one attached hydrogen (secondary N) is 1. The van der Waals surface area contributed by atoms with Crippen molar-refractivity contribution in [1.29, 1.82) is 0 Å². The van der Waals surface area contributed by atoms with Crippen molar-refractivity contribution in [3.63, 3.8) is 0 Å². The Labute approximate surface area is 127 Å². The lowest BCUT2D eigenvalue weighted by atomic mass is 10.2. The van der Waals surface area contributed by atoms with E-state index < -0.39 is 5.97 Å². The molecule has 2 heterocycles. The number of rotatable bonds is 6. The zero-order valence-corrected chi connectivity index (χ0v) is 12.6. The number of hydrogen-bond donors (Lipinski definition) is 2. The van der Waals surface area contributed by atoms with Crippen molar-refractivity contribution >= 4 is 23.8 Å². The molecule has 1 unspecified atom stereocenters. The largest absolute Gasteiger partial charge is 0.481 e. The van der Waals surface area contributed by atoms with Gasteiger partial charge in [-0.1, -0.05) is 0 Å². The van der Waals surface area contributed by atoms with E-state index in [1.807, 2.05) is 10.8 Å². The Morgan fingerprint density at radius 2 is 2.33 bits per heavy atom. The summed E-state index contributed by atoms with van der Waals surface area (Å²) in [5, 5.41) is 11.8. The molecular weight excluding hydrogens is 292 g/mol. The molecule has 1 aromatic rings. The average molecular weight is 312 g/mol. The van der Waals surface area contributed by atoms with E-state index >= 15 is 0 Å². The first-order chi connectivity index (χ1) is 10.2. The van der Waals surface area contributed by atoms with Gasteiger partial charge in [0.1, 0.15) is 0 Å². The summed E-state index contributed by atoms with van der Waals surface area (Å²) in [5.41, 5.74) is 0. The third-order valence-corrected chi connectivity index (χ3v) is 4.42. The van der Waals surface area contributed by atoms with Crippen molar-refractivity contribution in [2.45, 2.75) is 25.4 Å². The molecule has 0 bridgehead atoms. The van der Waals surface area contributed by atoms with Gasteiger partial charge in [-0.25, -0.2) is 9.78 Å². The van der Waals surface area contributed by atoms with Gasteiger partial charge in [-0.2, -0.15) is 11.8 Å². The number of thioether (sulfide) groups is 1. The van der Waals surface area contributed by atoms with Gasteiger partial charge in [0.15, 0.2) is 0 Å². The van der Waals surface area contributed by atoms with Crippen LogP contribution in [0.3, 0.4) is 0 Å². The van der Waals surface area contributed by atoms with Crippen LogP contribution in [-0.4, -0.2) is 62.2 Å². The third-order valence-electron chi connectivity index (χ3n) is 3.33. The maximum atomic E-state index is 12.1. The average Bonchev–Trinajstić information content (AvgIpc) is 2.96. The van der Waals surface area contributed by atoms with E-state index in [2.05, 4.69) is 10.3 Å². The summed E-state index contributed by atoms with van der Waals surface area (Å²) in [6.07, 6.45) is 6.17. The molecule has 1 aromatic heterocycles. The number of imidazole rings is 1. The van der Waals surface area contributed by atoms with Gasteiger partial charge in [0.05, 0.1) is 18.8 Å². The summed E-state index contributed by atoms with van der Waals surface area (Å²) < 4.78 is 1.96. The smallest absolute Gasteiger partial charge is 0.317 e. The molecule has 8 heteroatoms. The van der Waals surface area contributed by atoms with Gasteiger partial charge in [-0.3, -0.25) is 4.79 Å². The van der Waals surface area contributed by atoms with E-state index in [1.165, 1.54) is 0 Å². The van der Waals surface area contributed by atoms with Gasteiger partial charge in [0.25, 0.3) is 0 Å². The highest BCUT2D eigenvalue weighted by Crippen LogP contribution is 2.19. The lowest BCUT2D eigenvalue weighted by molar-refractivity contribution is -0.137. The Hall–Kier alpha value is -1.70. The standard InChI is InChI=1S/C13H20N4O3S/c18-12(19)8-11-9-21-7-6-17(11)13(20)15-2-1-4-16-5-3-14-10-16/h3,5,10-11H,1-2,4,6-9H2,(H,15,20)(H,18,19). The second-order valence-electron chi connectivity index (χ2n) is 4.91. The molecule has 2 rings (SSSR count). The van der Waals surface area contributed by atoms with Crippen LogP contribution in [0, 0.1) is 0 Å². The van der Waals surface area contributed by atoms with E-state index in [9.17, 15) is 9.59 Å². The lowest BCUT2D eigenvalue weighted by Gasteiger charge is -2.34. The molecule has 116 valence electrons. The predicted octanol–water partition coefficient (Wildman–Crippen LogP) is 0.875. The molecule has 2 N–H and O–H groups in total. The van der Waals surface area contributed by atoms with E-state index in [4.69, 9.17) is 5.11 Å². The van der Waals surface area contributed by atoms with Crippen LogP contribution < -0.4 is 5.32 Å². The number of aromatic nitrogens is 2. The minimum Gasteiger partial charge on any atom is -0.481 e. The van der Waals surface area contributed by atoms with E-state index in [1.54, 1.807) is 29.2 Å². The maximum absolute atomic E-state index is 12.1. The number of carbonyl (C=O) groups is 2. The molecule has 7 nitrogen and oxygen atoms in total. The predicted molar refractivity (Wildman–Crippen MR) is 80.3 cm³/mol. The summed E-state index contributed by atoms with van der Waals surface area (Å²) in [7, 11) is 0. The lowest BCUT2D eigenvalue weighted by Crippen LogP contribution is -2.51. The summed E-state index contributed by atoms with van der Waals surface area (Å²) in [6.45, 7) is 1.98. The van der Waals surface area contributed by atoms with Crippen LogP contribution in [0.25, 0.3) is 0 Å². The van der Waals surface area contributed by atoms with Crippen LogP contribution in [0.2, 0.25) is 0 Å². The number of carboxylic acids is 1. The molecule has 2 amide bonds. The summed E-state index contributed by atoms with van der Waals surface area (Å²) in [6, 6.07) is -0.373. The fourth-order valence-corrected chi connectivity index (χ4v) is 3.33. The Morgan fingerprint density at radius 1 is 1.48 bits per heavy atom. The normalized spacial score (nSPS) is 18.5. The van der Waals surface area contributed by atoms with Crippen LogP contribution in [-0.2, 0) is 11.3 Å². The number of aliphatic carboxylic acids is 1.